The summed E-state index contributed by atoms with van der Waals surface area (Å²) in [6.07, 6.45) is 5.04. The van der Waals surface area contributed by atoms with Gasteiger partial charge in [0, 0.05) is 35.5 Å². The molecular formula is C23H25N5O2. The molecular weight excluding hydrogens is 378 g/mol. The molecule has 2 aromatic heterocycles. The second kappa shape index (κ2) is 8.98. The molecule has 30 heavy (non-hydrogen) atoms. The minimum Gasteiger partial charge on any atom is -0.466 e. The van der Waals surface area contributed by atoms with Gasteiger partial charge in [-0.3, -0.25) is 4.79 Å². The zero-order valence-electron chi connectivity index (χ0n) is 17.3. The van der Waals surface area contributed by atoms with E-state index in [0.717, 1.165) is 33.9 Å². The van der Waals surface area contributed by atoms with Crippen molar-refractivity contribution < 1.29 is 9.53 Å². The molecule has 0 bridgehead atoms. The van der Waals surface area contributed by atoms with E-state index >= 15 is 0 Å². The number of nitrogens with one attached hydrogen (secondary N) is 1. The van der Waals surface area contributed by atoms with Crippen molar-refractivity contribution in [2.75, 3.05) is 11.9 Å². The number of anilines is 2. The Morgan fingerprint density at radius 2 is 2.03 bits per heavy atom. The summed E-state index contributed by atoms with van der Waals surface area (Å²) in [4.78, 5) is 20.5. The molecule has 0 saturated heterocycles. The fourth-order valence-corrected chi connectivity index (χ4v) is 3.28. The standard InChI is InChI=1S/C23H25N5O2/c1-3-30-22(29)9-7-18-6-8-21(28-27-18)17-12-15(2)13-19(14-17)25-23-24-11-10-20(26-23)16-4-5-16/h6,8,10-14,16H,3-5,7,9H2,1-2H3,(H,24,25,26). The van der Waals surface area contributed by atoms with E-state index in [4.69, 9.17) is 4.74 Å². The number of rotatable bonds is 8. The molecule has 1 aliphatic rings. The quantitative estimate of drug-likeness (QED) is 0.559. The van der Waals surface area contributed by atoms with Crippen molar-refractivity contribution in [1.29, 1.82) is 0 Å². The number of esters is 1. The lowest BCUT2D eigenvalue weighted by atomic mass is 10.1. The summed E-state index contributed by atoms with van der Waals surface area (Å²) in [5.41, 5.74) is 5.61. The van der Waals surface area contributed by atoms with Crippen LogP contribution in [0.5, 0.6) is 0 Å². The molecule has 0 aliphatic heterocycles. The minimum atomic E-state index is -0.217. The van der Waals surface area contributed by atoms with Crippen LogP contribution in [0, 0.1) is 6.92 Å². The van der Waals surface area contributed by atoms with Crippen LogP contribution in [-0.4, -0.2) is 32.7 Å². The van der Waals surface area contributed by atoms with Gasteiger partial charge in [-0.05, 0) is 68.7 Å². The normalized spacial score (nSPS) is 13.1. The largest absolute Gasteiger partial charge is 0.466 e. The van der Waals surface area contributed by atoms with Crippen LogP contribution in [0.1, 0.15) is 49.1 Å². The molecule has 1 aromatic carbocycles. The molecule has 1 saturated carbocycles. The number of hydrogen-bond acceptors (Lipinski definition) is 7. The van der Waals surface area contributed by atoms with E-state index in [-0.39, 0.29) is 5.97 Å². The van der Waals surface area contributed by atoms with Crippen LogP contribution in [0.25, 0.3) is 11.3 Å². The average Bonchev–Trinajstić information content (AvgIpc) is 3.58. The van der Waals surface area contributed by atoms with Crippen LogP contribution >= 0.6 is 0 Å². The molecule has 7 nitrogen and oxygen atoms in total. The highest BCUT2D eigenvalue weighted by Crippen LogP contribution is 2.39. The molecule has 0 unspecified atom stereocenters. The molecule has 0 amide bonds. The van der Waals surface area contributed by atoms with E-state index in [1.807, 2.05) is 31.2 Å². The molecule has 1 N–H and O–H groups in total. The SMILES string of the molecule is CCOC(=O)CCc1ccc(-c2cc(C)cc(Nc3nccc(C4CC4)n3)c2)nn1. The number of nitrogens with zero attached hydrogens (tertiary/aromatic N) is 4. The third kappa shape index (κ3) is 5.17. The Balaban J connectivity index is 1.47. The molecule has 1 fully saturated rings. The predicted molar refractivity (Wildman–Crippen MR) is 114 cm³/mol. The van der Waals surface area contributed by atoms with E-state index in [2.05, 4.69) is 37.6 Å². The van der Waals surface area contributed by atoms with E-state index in [9.17, 15) is 4.79 Å². The smallest absolute Gasteiger partial charge is 0.306 e. The number of aromatic nitrogens is 4. The second-order valence-corrected chi connectivity index (χ2v) is 7.51. The highest BCUT2D eigenvalue weighted by molar-refractivity contribution is 5.70. The van der Waals surface area contributed by atoms with Gasteiger partial charge in [0.1, 0.15) is 0 Å². The van der Waals surface area contributed by atoms with Gasteiger partial charge in [0.25, 0.3) is 0 Å². The van der Waals surface area contributed by atoms with Gasteiger partial charge >= 0.3 is 5.97 Å². The van der Waals surface area contributed by atoms with Crippen molar-refractivity contribution in [3.8, 4) is 11.3 Å². The fraction of sp³-hybridized carbons (Fsp3) is 0.348. The van der Waals surface area contributed by atoms with Crippen molar-refractivity contribution >= 4 is 17.6 Å². The summed E-state index contributed by atoms with van der Waals surface area (Å²) in [5.74, 6) is 0.973. The summed E-state index contributed by atoms with van der Waals surface area (Å²) >= 11 is 0. The molecule has 3 aromatic rings. The van der Waals surface area contributed by atoms with E-state index in [1.54, 1.807) is 13.1 Å². The Labute approximate surface area is 175 Å². The summed E-state index contributed by atoms with van der Waals surface area (Å²) in [6.45, 7) is 4.23. The van der Waals surface area contributed by atoms with Crippen LogP contribution < -0.4 is 5.32 Å². The van der Waals surface area contributed by atoms with E-state index in [1.165, 1.54) is 12.8 Å². The van der Waals surface area contributed by atoms with Crippen LogP contribution in [0.4, 0.5) is 11.6 Å². The molecule has 7 heteroatoms. The average molecular weight is 403 g/mol. The Bertz CT molecular complexity index is 1030. The topological polar surface area (TPSA) is 89.9 Å². The highest BCUT2D eigenvalue weighted by Gasteiger charge is 2.25. The summed E-state index contributed by atoms with van der Waals surface area (Å²) in [7, 11) is 0. The molecule has 154 valence electrons. The lowest BCUT2D eigenvalue weighted by molar-refractivity contribution is -0.143. The van der Waals surface area contributed by atoms with Crippen molar-refractivity contribution in [1.82, 2.24) is 20.2 Å². The Kier molecular flexibility index (Phi) is 5.97. The van der Waals surface area contributed by atoms with Gasteiger partial charge in [-0.1, -0.05) is 0 Å². The maximum Gasteiger partial charge on any atom is 0.306 e. The van der Waals surface area contributed by atoms with Gasteiger partial charge < -0.3 is 10.1 Å². The fourth-order valence-electron chi connectivity index (χ4n) is 3.28. The van der Waals surface area contributed by atoms with Crippen molar-refractivity contribution in [3.63, 3.8) is 0 Å². The monoisotopic (exact) mass is 403 g/mol. The molecule has 4 rings (SSSR count). The summed E-state index contributed by atoms with van der Waals surface area (Å²) in [5, 5.41) is 11.9. The lowest BCUT2D eigenvalue weighted by Gasteiger charge is -2.10. The maximum absolute atomic E-state index is 11.5. The van der Waals surface area contributed by atoms with Crippen LogP contribution in [0.3, 0.4) is 0 Å². The highest BCUT2D eigenvalue weighted by atomic mass is 16.5. The Hall–Kier alpha value is -3.35. The van der Waals surface area contributed by atoms with Gasteiger partial charge in [-0.25, -0.2) is 9.97 Å². The van der Waals surface area contributed by atoms with Crippen LogP contribution in [0.2, 0.25) is 0 Å². The Morgan fingerprint density at radius 3 is 2.77 bits per heavy atom. The van der Waals surface area contributed by atoms with Gasteiger partial charge in [-0.15, -0.1) is 0 Å². The number of carbonyl (C=O) groups is 1. The second-order valence-electron chi connectivity index (χ2n) is 7.51. The summed E-state index contributed by atoms with van der Waals surface area (Å²) < 4.78 is 4.95. The van der Waals surface area contributed by atoms with Crippen molar-refractivity contribution in [3.05, 3.63) is 59.5 Å². The van der Waals surface area contributed by atoms with E-state index in [0.29, 0.717) is 31.3 Å². The molecule has 0 atom stereocenters. The summed E-state index contributed by atoms with van der Waals surface area (Å²) in [6, 6.07) is 12.0. The Morgan fingerprint density at radius 1 is 1.17 bits per heavy atom. The zero-order chi connectivity index (χ0) is 20.9. The third-order valence-corrected chi connectivity index (χ3v) is 4.91. The molecule has 0 spiro atoms. The number of carbonyl (C=O) groups excluding carboxylic acids is 1. The van der Waals surface area contributed by atoms with Crippen molar-refractivity contribution in [2.24, 2.45) is 0 Å². The number of hydrogen-bond donors (Lipinski definition) is 1. The minimum absolute atomic E-state index is 0.217. The van der Waals surface area contributed by atoms with Gasteiger partial charge in [0.15, 0.2) is 0 Å². The number of benzene rings is 1. The van der Waals surface area contributed by atoms with Gasteiger partial charge in [-0.2, -0.15) is 10.2 Å². The van der Waals surface area contributed by atoms with Gasteiger partial charge in [0.05, 0.1) is 24.4 Å². The maximum atomic E-state index is 11.5. The first-order valence-electron chi connectivity index (χ1n) is 10.3. The van der Waals surface area contributed by atoms with E-state index < -0.39 is 0 Å². The number of aryl methyl sites for hydroxylation is 2. The predicted octanol–water partition coefficient (Wildman–Crippen LogP) is 4.36. The van der Waals surface area contributed by atoms with Gasteiger partial charge in [0.2, 0.25) is 5.95 Å². The zero-order valence-corrected chi connectivity index (χ0v) is 17.3. The lowest BCUT2D eigenvalue weighted by Crippen LogP contribution is -2.06. The third-order valence-electron chi connectivity index (χ3n) is 4.91. The molecule has 1 aliphatic carbocycles. The number of ether oxygens (including phenoxy) is 1. The van der Waals surface area contributed by atoms with Crippen LogP contribution in [-0.2, 0) is 16.0 Å². The first-order valence-corrected chi connectivity index (χ1v) is 10.3. The first-order chi connectivity index (χ1) is 14.6. The molecule has 0 radical (unpaired) electrons. The van der Waals surface area contributed by atoms with Crippen LogP contribution in [0.15, 0.2) is 42.6 Å². The van der Waals surface area contributed by atoms with Crippen molar-refractivity contribution in [2.45, 2.75) is 45.4 Å². The molecule has 2 heterocycles. The first kappa shape index (κ1) is 19.9.